The van der Waals surface area contributed by atoms with Crippen LogP contribution < -0.4 is 0 Å². The van der Waals surface area contributed by atoms with Crippen molar-refractivity contribution in [1.29, 1.82) is 0 Å². The van der Waals surface area contributed by atoms with Crippen LogP contribution in [-0.2, 0) is 17.6 Å². The number of esters is 1. The van der Waals surface area contributed by atoms with Crippen molar-refractivity contribution in [3.63, 3.8) is 0 Å². The van der Waals surface area contributed by atoms with E-state index >= 15 is 0 Å². The van der Waals surface area contributed by atoms with Gasteiger partial charge in [-0.3, -0.25) is 4.98 Å². The van der Waals surface area contributed by atoms with Crippen LogP contribution in [0.5, 0.6) is 0 Å². The van der Waals surface area contributed by atoms with Gasteiger partial charge in [-0.15, -0.1) is 0 Å². The molecule has 1 aromatic carbocycles. The van der Waals surface area contributed by atoms with Crippen molar-refractivity contribution >= 4 is 32.8 Å². The number of pyridine rings is 1. The molecule has 4 rings (SSSR count). The molecule has 0 bridgehead atoms. The molecule has 0 saturated heterocycles. The molecule has 0 fully saturated rings. The Kier molecular flexibility index (Phi) is 3.04. The van der Waals surface area contributed by atoms with E-state index in [1.165, 1.54) is 18.1 Å². The zero-order valence-electron chi connectivity index (χ0n) is 11.9. The molecule has 3 aromatic rings. The minimum absolute atomic E-state index is 0.360. The van der Waals surface area contributed by atoms with E-state index in [4.69, 9.17) is 4.74 Å². The van der Waals surface area contributed by atoms with Crippen LogP contribution in [0.2, 0.25) is 0 Å². The van der Waals surface area contributed by atoms with Crippen LogP contribution in [0.1, 0.15) is 21.6 Å². The third-order valence-electron chi connectivity index (χ3n) is 4.14. The van der Waals surface area contributed by atoms with E-state index in [0.717, 1.165) is 39.8 Å². The molecule has 0 atom stereocenters. The molecule has 0 unspecified atom stereocenters. The molecular weight excluding hydrogens is 344 g/mol. The van der Waals surface area contributed by atoms with Crippen LogP contribution in [-0.4, -0.2) is 23.0 Å². The van der Waals surface area contributed by atoms with Gasteiger partial charge in [-0.1, -0.05) is 15.9 Å². The average molecular weight is 357 g/mol. The Morgan fingerprint density at radius 1 is 1.32 bits per heavy atom. The Morgan fingerprint density at radius 3 is 3.00 bits per heavy atom. The highest BCUT2D eigenvalue weighted by Crippen LogP contribution is 2.37. The minimum Gasteiger partial charge on any atom is -0.465 e. The van der Waals surface area contributed by atoms with Gasteiger partial charge >= 0.3 is 5.97 Å². The lowest BCUT2D eigenvalue weighted by atomic mass is 9.91. The quantitative estimate of drug-likeness (QED) is 0.673. The fourth-order valence-electron chi connectivity index (χ4n) is 3.09. The smallest absolute Gasteiger partial charge is 0.339 e. The summed E-state index contributed by atoms with van der Waals surface area (Å²) in [6.07, 6.45) is 3.42. The Balaban J connectivity index is 1.96. The number of aromatic nitrogens is 2. The lowest BCUT2D eigenvalue weighted by molar-refractivity contribution is 0.0600. The second-order valence-corrected chi connectivity index (χ2v) is 6.29. The number of carbonyl (C=O) groups is 1. The SMILES string of the molecule is COC(=O)c1cnc2c(c1)-c1[nH]c3ccc(Br)cc3c1CC2. The van der Waals surface area contributed by atoms with Crippen LogP contribution in [0.3, 0.4) is 0 Å². The summed E-state index contributed by atoms with van der Waals surface area (Å²) in [6, 6.07) is 8.09. The third kappa shape index (κ3) is 1.96. The van der Waals surface area contributed by atoms with E-state index in [9.17, 15) is 4.79 Å². The van der Waals surface area contributed by atoms with Crippen LogP contribution in [0.25, 0.3) is 22.2 Å². The number of H-pyrrole nitrogens is 1. The van der Waals surface area contributed by atoms with Gasteiger partial charge in [-0.2, -0.15) is 0 Å². The summed E-state index contributed by atoms with van der Waals surface area (Å²) in [5.41, 5.74) is 5.95. The van der Waals surface area contributed by atoms with E-state index in [1.807, 2.05) is 12.1 Å². The number of ether oxygens (including phenoxy) is 1. The number of rotatable bonds is 1. The number of hydrogen-bond donors (Lipinski definition) is 1. The van der Waals surface area contributed by atoms with Gasteiger partial charge in [0.15, 0.2) is 0 Å². The maximum atomic E-state index is 11.7. The van der Waals surface area contributed by atoms with Crippen LogP contribution in [0.15, 0.2) is 34.9 Å². The summed E-state index contributed by atoms with van der Waals surface area (Å²) in [5, 5.41) is 1.22. The lowest BCUT2D eigenvalue weighted by Crippen LogP contribution is -2.09. The highest BCUT2D eigenvalue weighted by molar-refractivity contribution is 9.10. The molecule has 110 valence electrons. The first-order valence-electron chi connectivity index (χ1n) is 7.05. The predicted octanol–water partition coefficient (Wildman–Crippen LogP) is 3.88. The van der Waals surface area contributed by atoms with Crippen molar-refractivity contribution in [2.24, 2.45) is 0 Å². The van der Waals surface area contributed by atoms with Gasteiger partial charge in [0.05, 0.1) is 24.1 Å². The first-order valence-corrected chi connectivity index (χ1v) is 7.84. The summed E-state index contributed by atoms with van der Waals surface area (Å²) in [7, 11) is 1.38. The normalized spacial score (nSPS) is 12.8. The van der Waals surface area contributed by atoms with Crippen LogP contribution in [0, 0.1) is 0 Å². The molecule has 4 nitrogen and oxygen atoms in total. The van der Waals surface area contributed by atoms with E-state index in [2.05, 4.69) is 38.0 Å². The van der Waals surface area contributed by atoms with Gasteiger partial charge in [0.2, 0.25) is 0 Å². The fraction of sp³-hybridized carbons (Fsp3) is 0.176. The Hall–Kier alpha value is -2.14. The zero-order chi connectivity index (χ0) is 15.3. The molecule has 1 N–H and O–H groups in total. The molecule has 1 aliphatic rings. The number of fused-ring (bicyclic) bond motifs is 5. The van der Waals surface area contributed by atoms with E-state index in [1.54, 1.807) is 6.20 Å². The number of methoxy groups -OCH3 is 1. The van der Waals surface area contributed by atoms with Gasteiger partial charge in [-0.05, 0) is 42.7 Å². The summed E-state index contributed by atoms with van der Waals surface area (Å²) >= 11 is 3.53. The highest BCUT2D eigenvalue weighted by atomic mass is 79.9. The van der Waals surface area contributed by atoms with Crippen molar-refractivity contribution in [1.82, 2.24) is 9.97 Å². The number of nitrogens with one attached hydrogen (secondary N) is 1. The number of hydrogen-bond acceptors (Lipinski definition) is 3. The second-order valence-electron chi connectivity index (χ2n) is 5.38. The Morgan fingerprint density at radius 2 is 2.18 bits per heavy atom. The number of benzene rings is 1. The molecule has 22 heavy (non-hydrogen) atoms. The number of aryl methyl sites for hydroxylation is 2. The van der Waals surface area contributed by atoms with Crippen molar-refractivity contribution in [3.05, 3.63) is 51.8 Å². The van der Waals surface area contributed by atoms with Gasteiger partial charge in [0.1, 0.15) is 0 Å². The van der Waals surface area contributed by atoms with E-state index in [-0.39, 0.29) is 5.97 Å². The number of halogens is 1. The number of aromatic amines is 1. The molecule has 0 radical (unpaired) electrons. The molecule has 0 spiro atoms. The first-order chi connectivity index (χ1) is 10.7. The Bertz CT molecular complexity index is 914. The van der Waals surface area contributed by atoms with Crippen molar-refractivity contribution in [3.8, 4) is 11.3 Å². The molecule has 0 aliphatic heterocycles. The Labute approximate surface area is 135 Å². The van der Waals surface area contributed by atoms with Crippen molar-refractivity contribution in [2.75, 3.05) is 7.11 Å². The standard InChI is InChI=1S/C17H13BrN2O2/c1-22-17(21)9-6-13-14(19-8-9)5-3-11-12-7-10(18)2-4-15(12)20-16(11)13/h2,4,6-8,20H,3,5H2,1H3. The average Bonchev–Trinajstić information content (AvgIpc) is 2.92. The van der Waals surface area contributed by atoms with Crippen LogP contribution >= 0.6 is 15.9 Å². The predicted molar refractivity (Wildman–Crippen MR) is 88.0 cm³/mol. The molecule has 5 heteroatoms. The minimum atomic E-state index is -0.360. The molecular formula is C17H13BrN2O2. The maximum Gasteiger partial charge on any atom is 0.339 e. The van der Waals surface area contributed by atoms with E-state index in [0.29, 0.717) is 5.56 Å². The van der Waals surface area contributed by atoms with Gasteiger partial charge < -0.3 is 9.72 Å². The number of nitrogens with zero attached hydrogens (tertiary/aromatic N) is 1. The maximum absolute atomic E-state index is 11.7. The third-order valence-corrected chi connectivity index (χ3v) is 4.63. The fourth-order valence-corrected chi connectivity index (χ4v) is 3.45. The monoisotopic (exact) mass is 356 g/mol. The highest BCUT2D eigenvalue weighted by Gasteiger charge is 2.23. The zero-order valence-corrected chi connectivity index (χ0v) is 13.5. The van der Waals surface area contributed by atoms with Crippen molar-refractivity contribution < 1.29 is 9.53 Å². The first kappa shape index (κ1) is 13.5. The van der Waals surface area contributed by atoms with E-state index < -0.39 is 0 Å². The largest absolute Gasteiger partial charge is 0.465 e. The molecule has 0 saturated carbocycles. The molecule has 1 aliphatic carbocycles. The lowest BCUT2D eigenvalue weighted by Gasteiger charge is -2.16. The van der Waals surface area contributed by atoms with Crippen LogP contribution in [0.4, 0.5) is 0 Å². The topological polar surface area (TPSA) is 55.0 Å². The summed E-state index contributed by atoms with van der Waals surface area (Å²) in [6.45, 7) is 0. The van der Waals surface area contributed by atoms with Crippen molar-refractivity contribution in [2.45, 2.75) is 12.8 Å². The van der Waals surface area contributed by atoms with Gasteiger partial charge in [0, 0.05) is 27.1 Å². The molecule has 0 amide bonds. The second kappa shape index (κ2) is 4.95. The summed E-state index contributed by atoms with van der Waals surface area (Å²) in [4.78, 5) is 19.7. The number of carbonyl (C=O) groups excluding carboxylic acids is 1. The molecule has 2 aromatic heterocycles. The molecule has 2 heterocycles. The summed E-state index contributed by atoms with van der Waals surface area (Å²) < 4.78 is 5.86. The van der Waals surface area contributed by atoms with Gasteiger partial charge in [-0.25, -0.2) is 4.79 Å². The van der Waals surface area contributed by atoms with Gasteiger partial charge in [0.25, 0.3) is 0 Å². The summed E-state index contributed by atoms with van der Waals surface area (Å²) in [5.74, 6) is -0.360.